The van der Waals surface area contributed by atoms with Crippen molar-refractivity contribution in [3.05, 3.63) is 17.0 Å². The molecular formula is C11H17NO4S3. The molecule has 0 amide bonds. The number of carboxylic acid groups (broad SMARTS) is 1. The molecule has 0 fully saturated rings. The molecule has 0 aromatic carbocycles. The molecule has 1 rings (SSSR count). The first kappa shape index (κ1) is 16.5. The van der Waals surface area contributed by atoms with Gasteiger partial charge in [0.1, 0.15) is 10.3 Å². The molecular weight excluding hydrogens is 306 g/mol. The van der Waals surface area contributed by atoms with E-state index in [2.05, 4.69) is 4.72 Å². The summed E-state index contributed by atoms with van der Waals surface area (Å²) in [5, 5.41) is 9.03. The summed E-state index contributed by atoms with van der Waals surface area (Å²) in [7, 11) is -3.75. The van der Waals surface area contributed by atoms with Crippen molar-refractivity contribution in [2.45, 2.75) is 30.0 Å². The Balaban J connectivity index is 2.84. The maximum atomic E-state index is 12.1. The first-order valence-electron chi connectivity index (χ1n) is 5.73. The number of aliphatic carboxylic acids is 1. The number of rotatable bonds is 8. The maximum absolute atomic E-state index is 12.1. The van der Waals surface area contributed by atoms with E-state index in [0.29, 0.717) is 5.75 Å². The molecule has 0 aliphatic rings. The normalized spacial score (nSPS) is 13.4. The van der Waals surface area contributed by atoms with Crippen LogP contribution in [0.15, 0.2) is 16.3 Å². The van der Waals surface area contributed by atoms with Crippen LogP contribution >= 0.6 is 23.1 Å². The van der Waals surface area contributed by atoms with Gasteiger partial charge in [-0.1, -0.05) is 6.92 Å². The Kier molecular flexibility index (Phi) is 6.31. The minimum Gasteiger partial charge on any atom is -0.480 e. The van der Waals surface area contributed by atoms with E-state index in [1.807, 2.05) is 13.2 Å². The molecule has 1 aromatic rings. The Morgan fingerprint density at radius 2 is 2.21 bits per heavy atom. The quantitative estimate of drug-likeness (QED) is 0.762. The van der Waals surface area contributed by atoms with Gasteiger partial charge in [0.05, 0.1) is 0 Å². The molecule has 8 heteroatoms. The van der Waals surface area contributed by atoms with Crippen LogP contribution in [0.4, 0.5) is 0 Å². The lowest BCUT2D eigenvalue weighted by Crippen LogP contribution is -2.40. The van der Waals surface area contributed by atoms with Gasteiger partial charge in [0.2, 0.25) is 0 Å². The molecule has 0 radical (unpaired) electrons. The molecule has 0 unspecified atom stereocenters. The van der Waals surface area contributed by atoms with Gasteiger partial charge < -0.3 is 5.11 Å². The fourth-order valence-electron chi connectivity index (χ4n) is 1.41. The van der Waals surface area contributed by atoms with Gasteiger partial charge in [-0.15, -0.1) is 11.3 Å². The Hall–Kier alpha value is -0.570. The van der Waals surface area contributed by atoms with E-state index in [0.717, 1.165) is 11.3 Å². The number of carboxylic acids is 1. The lowest BCUT2D eigenvalue weighted by atomic mass is 10.2. The number of hydrogen-bond donors (Lipinski definition) is 2. The molecule has 0 saturated heterocycles. The average molecular weight is 323 g/mol. The van der Waals surface area contributed by atoms with E-state index in [1.165, 1.54) is 29.2 Å². The smallest absolute Gasteiger partial charge is 0.321 e. The fourth-order valence-corrected chi connectivity index (χ4v) is 4.41. The van der Waals surface area contributed by atoms with Gasteiger partial charge in [-0.25, -0.2) is 8.42 Å². The van der Waals surface area contributed by atoms with Gasteiger partial charge >= 0.3 is 5.97 Å². The molecule has 0 saturated carbocycles. The highest BCUT2D eigenvalue weighted by Gasteiger charge is 2.25. The van der Waals surface area contributed by atoms with Crippen molar-refractivity contribution in [2.24, 2.45) is 0 Å². The Bertz CT molecular complexity index is 524. The van der Waals surface area contributed by atoms with Crippen LogP contribution in [-0.2, 0) is 21.2 Å². The van der Waals surface area contributed by atoms with Gasteiger partial charge in [-0.3, -0.25) is 4.79 Å². The van der Waals surface area contributed by atoms with Crippen molar-refractivity contribution in [3.8, 4) is 0 Å². The zero-order valence-corrected chi connectivity index (χ0v) is 13.2. The molecule has 0 bridgehead atoms. The first-order valence-corrected chi connectivity index (χ1v) is 9.42. The lowest BCUT2D eigenvalue weighted by Gasteiger charge is -2.13. The Labute approximate surface area is 121 Å². The molecule has 2 N–H and O–H groups in total. The largest absolute Gasteiger partial charge is 0.480 e. The number of thioether (sulfide) groups is 1. The minimum absolute atomic E-state index is 0.166. The minimum atomic E-state index is -3.75. The molecule has 5 nitrogen and oxygen atoms in total. The Morgan fingerprint density at radius 3 is 2.68 bits per heavy atom. The van der Waals surface area contributed by atoms with Crippen molar-refractivity contribution in [1.82, 2.24) is 4.72 Å². The zero-order chi connectivity index (χ0) is 14.5. The number of thiophene rings is 1. The number of hydrogen-bond acceptors (Lipinski definition) is 5. The second-order valence-electron chi connectivity index (χ2n) is 3.87. The predicted molar refractivity (Wildman–Crippen MR) is 78.4 cm³/mol. The van der Waals surface area contributed by atoms with E-state index in [4.69, 9.17) is 5.11 Å². The van der Waals surface area contributed by atoms with Crippen LogP contribution in [0.3, 0.4) is 0 Å². The van der Waals surface area contributed by atoms with Crippen molar-refractivity contribution in [2.75, 3.05) is 12.0 Å². The second kappa shape index (κ2) is 7.28. The predicted octanol–water partition coefficient (Wildman–Crippen LogP) is 1.80. The van der Waals surface area contributed by atoms with Gasteiger partial charge in [0.25, 0.3) is 10.0 Å². The third-order valence-corrected chi connectivity index (χ3v) is 6.29. The number of aryl methyl sites for hydroxylation is 1. The summed E-state index contributed by atoms with van der Waals surface area (Å²) >= 11 is 2.65. The van der Waals surface area contributed by atoms with Gasteiger partial charge in [0, 0.05) is 4.88 Å². The van der Waals surface area contributed by atoms with Crippen LogP contribution in [0.1, 0.15) is 18.2 Å². The summed E-state index contributed by atoms with van der Waals surface area (Å²) in [4.78, 5) is 12.0. The fraction of sp³-hybridized carbons (Fsp3) is 0.545. The van der Waals surface area contributed by atoms with Crippen LogP contribution in [-0.4, -0.2) is 37.5 Å². The van der Waals surface area contributed by atoms with Crippen molar-refractivity contribution < 1.29 is 18.3 Å². The second-order valence-corrected chi connectivity index (χ2v) is 7.96. The molecule has 0 aliphatic heterocycles. The van der Waals surface area contributed by atoms with Crippen LogP contribution in [0, 0.1) is 0 Å². The standard InChI is InChI=1S/C11H17NO4S3/c1-3-8-4-5-10(18-8)19(15,16)12-9(11(13)14)6-7-17-2/h4-5,9,12H,3,6-7H2,1-2H3,(H,13,14)/t9-/m0/s1. The van der Waals surface area contributed by atoms with Crippen LogP contribution in [0.25, 0.3) is 0 Å². The van der Waals surface area contributed by atoms with E-state index < -0.39 is 22.0 Å². The van der Waals surface area contributed by atoms with Crippen molar-refractivity contribution in [3.63, 3.8) is 0 Å². The van der Waals surface area contributed by atoms with Crippen LogP contribution < -0.4 is 4.72 Å². The van der Waals surface area contributed by atoms with E-state index in [-0.39, 0.29) is 10.6 Å². The average Bonchev–Trinajstić information content (AvgIpc) is 2.83. The maximum Gasteiger partial charge on any atom is 0.321 e. The molecule has 1 heterocycles. The van der Waals surface area contributed by atoms with Crippen molar-refractivity contribution in [1.29, 1.82) is 0 Å². The van der Waals surface area contributed by atoms with Crippen LogP contribution in [0.2, 0.25) is 0 Å². The van der Waals surface area contributed by atoms with E-state index in [9.17, 15) is 13.2 Å². The number of carbonyl (C=O) groups is 1. The van der Waals surface area contributed by atoms with Gasteiger partial charge in [-0.2, -0.15) is 16.5 Å². The summed E-state index contributed by atoms with van der Waals surface area (Å²) in [6.07, 6.45) is 2.87. The Morgan fingerprint density at radius 1 is 1.53 bits per heavy atom. The lowest BCUT2D eigenvalue weighted by molar-refractivity contribution is -0.139. The number of sulfonamides is 1. The van der Waals surface area contributed by atoms with Gasteiger partial charge in [-0.05, 0) is 37.0 Å². The van der Waals surface area contributed by atoms with E-state index in [1.54, 1.807) is 6.07 Å². The monoisotopic (exact) mass is 323 g/mol. The molecule has 1 atom stereocenters. The van der Waals surface area contributed by atoms with Crippen molar-refractivity contribution >= 4 is 39.1 Å². The molecule has 19 heavy (non-hydrogen) atoms. The summed E-state index contributed by atoms with van der Waals surface area (Å²) < 4.78 is 26.6. The van der Waals surface area contributed by atoms with E-state index >= 15 is 0 Å². The first-order chi connectivity index (χ1) is 8.90. The molecule has 108 valence electrons. The summed E-state index contributed by atoms with van der Waals surface area (Å²) in [6, 6.07) is 2.18. The highest BCUT2D eigenvalue weighted by molar-refractivity contribution is 7.98. The van der Waals surface area contributed by atoms with Crippen LogP contribution in [0.5, 0.6) is 0 Å². The molecule has 0 spiro atoms. The third-order valence-electron chi connectivity index (χ3n) is 2.46. The highest BCUT2D eigenvalue weighted by atomic mass is 32.2. The zero-order valence-electron chi connectivity index (χ0n) is 10.8. The molecule has 0 aliphatic carbocycles. The SMILES string of the molecule is CCc1ccc(S(=O)(=O)N[C@@H](CCSC)C(=O)O)s1. The number of nitrogens with one attached hydrogen (secondary N) is 1. The summed E-state index contributed by atoms with van der Waals surface area (Å²) in [6.45, 7) is 1.94. The summed E-state index contributed by atoms with van der Waals surface area (Å²) in [5.41, 5.74) is 0. The topological polar surface area (TPSA) is 83.5 Å². The third kappa shape index (κ3) is 4.79. The highest BCUT2D eigenvalue weighted by Crippen LogP contribution is 2.22. The van der Waals surface area contributed by atoms with Gasteiger partial charge in [0.15, 0.2) is 0 Å². The summed E-state index contributed by atoms with van der Waals surface area (Å²) in [5.74, 6) is -0.561. The molecule has 1 aromatic heterocycles.